The highest BCUT2D eigenvalue weighted by Crippen LogP contribution is 2.38. The van der Waals surface area contributed by atoms with Crippen molar-refractivity contribution in [2.24, 2.45) is 17.8 Å². The average molecular weight is 321 g/mol. The molecule has 4 nitrogen and oxygen atoms in total. The van der Waals surface area contributed by atoms with E-state index in [9.17, 15) is 9.90 Å². The standard InChI is InChI=1S/C19H31NO3/c1-14(2)7-10-19(22,16-5-3-4-6-16)18(21)23-17-13-20-11-8-15(17)9-12-20/h7,10,14-17,22H,3-6,8-9,11-13H2,1-2H3/b10-7+. The molecule has 0 spiro atoms. The SMILES string of the molecule is CC(C)/C=C/C(O)(C(=O)OC1CN2CCC1CC2)C1CCCC1. The number of carbonyl (C=O) groups is 1. The Morgan fingerprint density at radius 1 is 1.22 bits per heavy atom. The first kappa shape index (κ1) is 17.0. The number of nitrogens with zero attached hydrogens (tertiary/aromatic N) is 1. The summed E-state index contributed by atoms with van der Waals surface area (Å²) in [5.74, 6) is 0.379. The van der Waals surface area contributed by atoms with Gasteiger partial charge in [-0.25, -0.2) is 4.79 Å². The molecule has 1 N–H and O–H groups in total. The molecule has 1 aliphatic carbocycles. The summed E-state index contributed by atoms with van der Waals surface area (Å²) in [6.07, 6.45) is 9.86. The molecule has 23 heavy (non-hydrogen) atoms. The fourth-order valence-electron chi connectivity index (χ4n) is 4.35. The molecule has 0 radical (unpaired) electrons. The first-order valence-corrected chi connectivity index (χ1v) is 9.34. The third-order valence-corrected chi connectivity index (χ3v) is 5.89. The molecule has 3 heterocycles. The Kier molecular flexibility index (Phi) is 5.12. The van der Waals surface area contributed by atoms with E-state index in [2.05, 4.69) is 18.7 Å². The maximum absolute atomic E-state index is 12.9. The van der Waals surface area contributed by atoms with Gasteiger partial charge in [-0.2, -0.15) is 0 Å². The van der Waals surface area contributed by atoms with Gasteiger partial charge in [0.2, 0.25) is 0 Å². The second kappa shape index (κ2) is 6.94. The Morgan fingerprint density at radius 2 is 1.87 bits per heavy atom. The van der Waals surface area contributed by atoms with E-state index >= 15 is 0 Å². The molecule has 0 aromatic rings. The summed E-state index contributed by atoms with van der Waals surface area (Å²) < 4.78 is 5.85. The van der Waals surface area contributed by atoms with Crippen LogP contribution in [0.4, 0.5) is 0 Å². The molecular weight excluding hydrogens is 290 g/mol. The number of allylic oxidation sites excluding steroid dienone is 1. The van der Waals surface area contributed by atoms with Gasteiger partial charge >= 0.3 is 5.97 Å². The first-order chi connectivity index (χ1) is 11.0. The van der Waals surface area contributed by atoms with Crippen LogP contribution in [0.1, 0.15) is 52.4 Å². The van der Waals surface area contributed by atoms with Gasteiger partial charge in [-0.3, -0.25) is 4.90 Å². The van der Waals surface area contributed by atoms with Crippen LogP contribution in [0.15, 0.2) is 12.2 Å². The Morgan fingerprint density at radius 3 is 2.39 bits per heavy atom. The number of ether oxygens (including phenoxy) is 1. The van der Waals surface area contributed by atoms with Crippen LogP contribution in [-0.4, -0.2) is 47.3 Å². The molecule has 0 aromatic heterocycles. The molecule has 1 saturated carbocycles. The molecule has 4 rings (SSSR count). The Labute approximate surface area is 139 Å². The van der Waals surface area contributed by atoms with E-state index in [0.29, 0.717) is 11.8 Å². The normalized spacial score (nSPS) is 34.2. The summed E-state index contributed by atoms with van der Waals surface area (Å²) in [6.45, 7) is 7.21. The number of aliphatic hydroxyl groups is 1. The van der Waals surface area contributed by atoms with Gasteiger partial charge in [0.1, 0.15) is 6.10 Å². The van der Waals surface area contributed by atoms with E-state index in [-0.39, 0.29) is 12.0 Å². The van der Waals surface area contributed by atoms with Crippen molar-refractivity contribution < 1.29 is 14.6 Å². The van der Waals surface area contributed by atoms with Gasteiger partial charge in [-0.1, -0.05) is 32.8 Å². The van der Waals surface area contributed by atoms with Gasteiger partial charge < -0.3 is 9.84 Å². The summed E-state index contributed by atoms with van der Waals surface area (Å²) in [5.41, 5.74) is -1.44. The second-order valence-electron chi connectivity index (χ2n) is 7.99. The summed E-state index contributed by atoms with van der Waals surface area (Å²) in [4.78, 5) is 15.2. The van der Waals surface area contributed by atoms with Crippen molar-refractivity contribution in [3.8, 4) is 0 Å². The minimum Gasteiger partial charge on any atom is -0.458 e. The van der Waals surface area contributed by atoms with Crippen molar-refractivity contribution in [3.63, 3.8) is 0 Å². The minimum atomic E-state index is -1.44. The lowest BCUT2D eigenvalue weighted by Crippen LogP contribution is -2.54. The fraction of sp³-hybridized carbons (Fsp3) is 0.842. The van der Waals surface area contributed by atoms with E-state index < -0.39 is 11.6 Å². The van der Waals surface area contributed by atoms with Gasteiger partial charge in [0, 0.05) is 12.5 Å². The topological polar surface area (TPSA) is 49.8 Å². The quantitative estimate of drug-likeness (QED) is 0.625. The zero-order valence-corrected chi connectivity index (χ0v) is 14.5. The van der Waals surface area contributed by atoms with Crippen molar-refractivity contribution >= 4 is 5.97 Å². The van der Waals surface area contributed by atoms with Gasteiger partial charge in [0.25, 0.3) is 0 Å². The third-order valence-electron chi connectivity index (χ3n) is 5.89. The molecule has 2 bridgehead atoms. The highest BCUT2D eigenvalue weighted by Gasteiger charge is 2.46. The van der Waals surface area contributed by atoms with Crippen LogP contribution in [0, 0.1) is 17.8 Å². The molecule has 4 fully saturated rings. The van der Waals surface area contributed by atoms with Crippen LogP contribution in [-0.2, 0) is 9.53 Å². The van der Waals surface area contributed by atoms with Crippen molar-refractivity contribution in [1.82, 2.24) is 4.90 Å². The molecule has 3 saturated heterocycles. The zero-order chi connectivity index (χ0) is 16.4. The Hall–Kier alpha value is -0.870. The van der Waals surface area contributed by atoms with Crippen LogP contribution in [0.2, 0.25) is 0 Å². The maximum atomic E-state index is 12.9. The fourth-order valence-corrected chi connectivity index (χ4v) is 4.35. The lowest BCUT2D eigenvalue weighted by atomic mass is 9.83. The number of esters is 1. The largest absolute Gasteiger partial charge is 0.458 e. The monoisotopic (exact) mass is 321 g/mol. The number of rotatable bonds is 5. The van der Waals surface area contributed by atoms with Crippen LogP contribution in [0.3, 0.4) is 0 Å². The lowest BCUT2D eigenvalue weighted by Gasteiger charge is -2.44. The van der Waals surface area contributed by atoms with Gasteiger partial charge in [-0.05, 0) is 56.7 Å². The van der Waals surface area contributed by atoms with E-state index in [1.54, 1.807) is 6.08 Å². The smallest absolute Gasteiger partial charge is 0.342 e. The van der Waals surface area contributed by atoms with Gasteiger partial charge in [-0.15, -0.1) is 0 Å². The molecule has 130 valence electrons. The van der Waals surface area contributed by atoms with E-state index in [0.717, 1.165) is 58.2 Å². The average Bonchev–Trinajstić information content (AvgIpc) is 3.08. The maximum Gasteiger partial charge on any atom is 0.342 e. The Bertz CT molecular complexity index is 448. The number of fused-ring (bicyclic) bond motifs is 3. The van der Waals surface area contributed by atoms with Crippen LogP contribution < -0.4 is 0 Å². The van der Waals surface area contributed by atoms with Crippen molar-refractivity contribution in [1.29, 1.82) is 0 Å². The predicted molar refractivity (Wildman–Crippen MR) is 89.9 cm³/mol. The minimum absolute atomic E-state index is 0.00563. The number of piperidine rings is 3. The molecule has 3 aliphatic heterocycles. The van der Waals surface area contributed by atoms with E-state index in [1.807, 2.05) is 6.08 Å². The van der Waals surface area contributed by atoms with E-state index in [4.69, 9.17) is 4.74 Å². The number of hydrogen-bond acceptors (Lipinski definition) is 4. The van der Waals surface area contributed by atoms with Crippen LogP contribution in [0.5, 0.6) is 0 Å². The van der Waals surface area contributed by atoms with Crippen molar-refractivity contribution in [3.05, 3.63) is 12.2 Å². The molecule has 2 atom stereocenters. The molecule has 4 heteroatoms. The van der Waals surface area contributed by atoms with Crippen molar-refractivity contribution in [2.45, 2.75) is 64.1 Å². The first-order valence-electron chi connectivity index (χ1n) is 9.34. The van der Waals surface area contributed by atoms with Crippen molar-refractivity contribution in [2.75, 3.05) is 19.6 Å². The highest BCUT2D eigenvalue weighted by molar-refractivity contribution is 5.82. The van der Waals surface area contributed by atoms with Gasteiger partial charge in [0.15, 0.2) is 5.60 Å². The summed E-state index contributed by atoms with van der Waals surface area (Å²) in [5, 5.41) is 11.2. The molecular formula is C19H31NO3. The lowest BCUT2D eigenvalue weighted by molar-refractivity contribution is -0.180. The third kappa shape index (κ3) is 3.63. The molecule has 4 aliphatic rings. The number of carbonyl (C=O) groups excluding carboxylic acids is 1. The van der Waals surface area contributed by atoms with Crippen LogP contribution >= 0.6 is 0 Å². The highest BCUT2D eigenvalue weighted by atomic mass is 16.6. The predicted octanol–water partition coefficient (Wildman–Crippen LogP) is 2.76. The summed E-state index contributed by atoms with van der Waals surface area (Å²) in [7, 11) is 0. The zero-order valence-electron chi connectivity index (χ0n) is 14.5. The molecule has 0 amide bonds. The molecule has 2 unspecified atom stereocenters. The summed E-state index contributed by atoms with van der Waals surface area (Å²) >= 11 is 0. The second-order valence-corrected chi connectivity index (χ2v) is 7.99. The summed E-state index contributed by atoms with van der Waals surface area (Å²) in [6, 6.07) is 0. The van der Waals surface area contributed by atoms with Crippen LogP contribution in [0.25, 0.3) is 0 Å². The number of hydrogen-bond donors (Lipinski definition) is 1. The van der Waals surface area contributed by atoms with Gasteiger partial charge in [0.05, 0.1) is 0 Å². The molecule has 0 aromatic carbocycles. The van der Waals surface area contributed by atoms with E-state index in [1.165, 1.54) is 0 Å². The Balaban J connectivity index is 1.72.